The maximum atomic E-state index is 10.0. The molecule has 0 radical (unpaired) electrons. The van der Waals surface area contributed by atoms with Crippen LogP contribution in [0.5, 0.6) is 0 Å². The van der Waals surface area contributed by atoms with Crippen LogP contribution in [0.2, 0.25) is 0 Å². The molecule has 0 fully saturated rings. The molecule has 0 N–H and O–H groups in total. The molecule has 0 aliphatic heterocycles. The molecule has 1 aromatic heterocycles. The van der Waals surface area contributed by atoms with Gasteiger partial charge in [0, 0.05) is 0 Å². The van der Waals surface area contributed by atoms with Crippen LogP contribution in [0.4, 0.5) is 0 Å². The fourth-order valence-corrected chi connectivity index (χ4v) is 5.90. The molecule has 7 rings (SSSR count). The van der Waals surface area contributed by atoms with E-state index in [0.717, 1.165) is 33.4 Å². The molecule has 0 saturated heterocycles. The van der Waals surface area contributed by atoms with Crippen molar-refractivity contribution in [2.75, 3.05) is 0 Å². The van der Waals surface area contributed by atoms with E-state index in [9.17, 15) is 10.5 Å². The molecule has 0 saturated carbocycles. The highest BCUT2D eigenvalue weighted by molar-refractivity contribution is 5.98. The van der Waals surface area contributed by atoms with Gasteiger partial charge in [0.1, 0.15) is 0 Å². The topological polar surface area (TPSA) is 60.5 Å². The minimum absolute atomic E-state index is 0.516. The molecule has 7 aromatic rings. The molecule has 6 aromatic carbocycles. The smallest absolute Gasteiger partial charge is 0.0998 e. The van der Waals surface area contributed by atoms with Crippen LogP contribution in [0.3, 0.4) is 0 Å². The van der Waals surface area contributed by atoms with Gasteiger partial charge in [-0.1, -0.05) is 140 Å². The Kier molecular flexibility index (Phi) is 7.73. The number of nitrogens with zero attached hydrogens (tertiary/aromatic N) is 3. The van der Waals surface area contributed by atoms with E-state index in [1.165, 1.54) is 21.5 Å². The Labute approximate surface area is 268 Å². The molecule has 1 heterocycles. The van der Waals surface area contributed by atoms with Gasteiger partial charge in [-0.2, -0.15) is 10.5 Å². The fourth-order valence-electron chi connectivity index (χ4n) is 5.90. The van der Waals surface area contributed by atoms with E-state index in [-0.39, 0.29) is 0 Å². The fraction of sp³-hybridized carbons (Fsp3) is 0. The average Bonchev–Trinajstić information content (AvgIpc) is 3.13. The zero-order chi connectivity index (χ0) is 31.3. The van der Waals surface area contributed by atoms with Gasteiger partial charge >= 0.3 is 0 Å². The molecule has 0 spiro atoms. The molecule has 0 bridgehead atoms. The number of aromatic nitrogens is 1. The lowest BCUT2D eigenvalue weighted by Crippen LogP contribution is -1.90. The maximum absolute atomic E-state index is 10.0. The number of pyridine rings is 1. The van der Waals surface area contributed by atoms with Gasteiger partial charge in [-0.3, -0.25) is 0 Å². The van der Waals surface area contributed by atoms with E-state index in [1.807, 2.05) is 54.6 Å². The highest BCUT2D eigenvalue weighted by Gasteiger charge is 2.09. The number of fused-ring (bicyclic) bond motifs is 2. The molecule has 46 heavy (non-hydrogen) atoms. The minimum atomic E-state index is 0.516. The summed E-state index contributed by atoms with van der Waals surface area (Å²) in [5.41, 5.74) is 8.46. The van der Waals surface area contributed by atoms with E-state index >= 15 is 0 Å². The zero-order valence-electron chi connectivity index (χ0n) is 24.9. The van der Waals surface area contributed by atoms with Crippen molar-refractivity contribution >= 4 is 44.8 Å². The molecule has 3 nitrogen and oxygen atoms in total. The van der Waals surface area contributed by atoms with Crippen molar-refractivity contribution < 1.29 is 0 Å². The first-order valence-electron chi connectivity index (χ1n) is 15.1. The summed E-state index contributed by atoms with van der Waals surface area (Å²) in [6.07, 6.45) is 3.57. The van der Waals surface area contributed by atoms with Crippen molar-refractivity contribution in [1.29, 1.82) is 10.5 Å². The summed E-state index contributed by atoms with van der Waals surface area (Å²) in [5.74, 6) is 0. The third-order valence-corrected chi connectivity index (χ3v) is 8.21. The summed E-state index contributed by atoms with van der Waals surface area (Å²) in [7, 11) is 0. The highest BCUT2D eigenvalue weighted by atomic mass is 14.7. The monoisotopic (exact) mass is 585 g/mol. The second-order valence-electron chi connectivity index (χ2n) is 11.0. The Balaban J connectivity index is 1.14. The number of nitriles is 2. The van der Waals surface area contributed by atoms with Crippen molar-refractivity contribution in [2.24, 2.45) is 0 Å². The number of rotatable bonds is 6. The number of benzene rings is 6. The zero-order valence-corrected chi connectivity index (χ0v) is 24.9. The van der Waals surface area contributed by atoms with Gasteiger partial charge in [0.05, 0.1) is 34.7 Å². The third-order valence-electron chi connectivity index (χ3n) is 8.21. The summed E-state index contributed by atoms with van der Waals surface area (Å²) in [6, 6.07) is 55.7. The van der Waals surface area contributed by atoms with Crippen LogP contribution in [0.15, 0.2) is 152 Å². The molecule has 214 valence electrons. The highest BCUT2D eigenvalue weighted by Crippen LogP contribution is 2.31. The largest absolute Gasteiger partial charge is 0.249 e. The van der Waals surface area contributed by atoms with Crippen LogP contribution in [0.1, 0.15) is 22.5 Å². The van der Waals surface area contributed by atoms with E-state index in [2.05, 4.69) is 109 Å². The van der Waals surface area contributed by atoms with Gasteiger partial charge in [0.25, 0.3) is 0 Å². The Morgan fingerprint density at radius 2 is 0.826 bits per heavy atom. The molecule has 0 amide bonds. The van der Waals surface area contributed by atoms with Crippen molar-refractivity contribution in [3.8, 4) is 34.4 Å². The summed E-state index contributed by atoms with van der Waals surface area (Å²) < 4.78 is 0. The van der Waals surface area contributed by atoms with E-state index in [1.54, 1.807) is 12.2 Å². The Hall–Kier alpha value is -6.55. The van der Waals surface area contributed by atoms with Crippen LogP contribution in [-0.4, -0.2) is 4.98 Å². The molecule has 0 unspecified atom stereocenters. The van der Waals surface area contributed by atoms with Crippen LogP contribution in [0.25, 0.3) is 67.1 Å². The second-order valence-corrected chi connectivity index (χ2v) is 11.0. The van der Waals surface area contributed by atoms with E-state index in [4.69, 9.17) is 4.98 Å². The van der Waals surface area contributed by atoms with Crippen molar-refractivity contribution in [1.82, 2.24) is 4.98 Å². The predicted octanol–water partition coefficient (Wildman–Crippen LogP) is 10.9. The van der Waals surface area contributed by atoms with Gasteiger partial charge < -0.3 is 0 Å². The van der Waals surface area contributed by atoms with Crippen molar-refractivity contribution in [2.45, 2.75) is 0 Å². The molecule has 0 aliphatic rings. The van der Waals surface area contributed by atoms with E-state index < -0.39 is 0 Å². The predicted molar refractivity (Wildman–Crippen MR) is 190 cm³/mol. The first-order chi connectivity index (χ1) is 22.7. The number of hydrogen-bond acceptors (Lipinski definition) is 3. The first-order valence-corrected chi connectivity index (χ1v) is 15.1. The number of allylic oxidation sites excluding steroid dienone is 2. The summed E-state index contributed by atoms with van der Waals surface area (Å²) >= 11 is 0. The van der Waals surface area contributed by atoms with Crippen LogP contribution in [-0.2, 0) is 0 Å². The normalized spacial score (nSPS) is 11.7. The molecular formula is C43H27N3. The first kappa shape index (κ1) is 28.2. The molecule has 0 atom stereocenters. The molecule has 0 aliphatic carbocycles. The van der Waals surface area contributed by atoms with Crippen LogP contribution in [0, 0.1) is 22.7 Å². The average molecular weight is 586 g/mol. The van der Waals surface area contributed by atoms with Crippen LogP contribution >= 0.6 is 0 Å². The van der Waals surface area contributed by atoms with Gasteiger partial charge in [0.15, 0.2) is 0 Å². The minimum Gasteiger partial charge on any atom is -0.249 e. The maximum Gasteiger partial charge on any atom is 0.0998 e. The number of hydrogen-bond donors (Lipinski definition) is 0. The second kappa shape index (κ2) is 12.6. The lowest BCUT2D eigenvalue weighted by atomic mass is 9.96. The van der Waals surface area contributed by atoms with Crippen molar-refractivity contribution in [3.05, 3.63) is 174 Å². The summed E-state index contributed by atoms with van der Waals surface area (Å²) in [4.78, 5) is 4.74. The third kappa shape index (κ3) is 5.70. The van der Waals surface area contributed by atoms with Crippen molar-refractivity contribution in [3.63, 3.8) is 0 Å². The van der Waals surface area contributed by atoms with Gasteiger partial charge in [-0.05, 0) is 79.2 Å². The Morgan fingerprint density at radius 1 is 0.435 bits per heavy atom. The lowest BCUT2D eigenvalue weighted by Gasteiger charge is -2.08. The van der Waals surface area contributed by atoms with Gasteiger partial charge in [-0.15, -0.1) is 0 Å². The SMILES string of the molecule is N#C/C(=C\c1cccc(/C=C(\C#N)c2ccc(-c3cccc4ccccc34)cc2)n1)c1ccc(-c2cccc3ccccc23)cc1. The Bertz CT molecular complexity index is 2190. The Morgan fingerprint density at radius 3 is 1.26 bits per heavy atom. The van der Waals surface area contributed by atoms with E-state index in [0.29, 0.717) is 22.5 Å². The standard InChI is InChI=1S/C43H27N3/c44-28-36(30-18-22-34(23-19-30)42-16-5-10-32-8-1-3-14-40(32)42)26-38-12-7-13-39(46-38)27-37(29-45)31-20-24-35(25-21-31)43-17-6-11-33-9-2-4-15-41(33)43/h1-27H/b36-26+,37-27+. The summed E-state index contributed by atoms with van der Waals surface area (Å²) in [5, 5.41) is 24.8. The van der Waals surface area contributed by atoms with Gasteiger partial charge in [-0.25, -0.2) is 4.98 Å². The summed E-state index contributed by atoms with van der Waals surface area (Å²) in [6.45, 7) is 0. The lowest BCUT2D eigenvalue weighted by molar-refractivity contribution is 1.27. The van der Waals surface area contributed by atoms with Gasteiger partial charge in [0.2, 0.25) is 0 Å². The quantitative estimate of drug-likeness (QED) is 0.182. The molecule has 3 heteroatoms. The van der Waals surface area contributed by atoms with Crippen LogP contribution < -0.4 is 0 Å². The molecular weight excluding hydrogens is 558 g/mol.